The van der Waals surface area contributed by atoms with E-state index < -0.39 is 6.10 Å². The lowest BCUT2D eigenvalue weighted by atomic mass is 9.92. The number of hydrogen-bond donors (Lipinski definition) is 0. The summed E-state index contributed by atoms with van der Waals surface area (Å²) < 4.78 is 10.6. The van der Waals surface area contributed by atoms with Crippen LogP contribution in [0.2, 0.25) is 0 Å². The molecule has 0 aliphatic carbocycles. The molecule has 5 nitrogen and oxygen atoms in total. The average Bonchev–Trinajstić information content (AvgIpc) is 3.14. The minimum Gasteiger partial charge on any atom is -0.467 e. The third-order valence-corrected chi connectivity index (χ3v) is 5.07. The summed E-state index contributed by atoms with van der Waals surface area (Å²) in [6.07, 6.45) is 1.69. The Morgan fingerprint density at radius 3 is 2.90 bits per heavy atom. The molecule has 1 aromatic heterocycles. The Bertz CT molecular complexity index is 530. The van der Waals surface area contributed by atoms with Crippen molar-refractivity contribution in [3.63, 3.8) is 0 Å². The van der Waals surface area contributed by atoms with Crippen LogP contribution in [-0.2, 0) is 14.3 Å². The van der Waals surface area contributed by atoms with Crippen LogP contribution in [-0.4, -0.2) is 48.2 Å². The van der Waals surface area contributed by atoms with Gasteiger partial charge in [0, 0.05) is 17.8 Å². The first-order valence-corrected chi connectivity index (χ1v) is 8.14. The number of thiophene rings is 1. The molecule has 4 atom stereocenters. The predicted octanol–water partition coefficient (Wildman–Crippen LogP) is 2.07. The Balaban J connectivity index is 1.82. The van der Waals surface area contributed by atoms with Gasteiger partial charge in [-0.3, -0.25) is 4.79 Å². The van der Waals surface area contributed by atoms with Gasteiger partial charge in [-0.15, -0.1) is 0 Å². The lowest BCUT2D eigenvalue weighted by molar-refractivity contribution is -0.153. The van der Waals surface area contributed by atoms with E-state index in [0.717, 1.165) is 12.8 Å². The zero-order valence-electron chi connectivity index (χ0n) is 12.2. The second-order valence-electron chi connectivity index (χ2n) is 5.64. The molecule has 21 heavy (non-hydrogen) atoms. The summed E-state index contributed by atoms with van der Waals surface area (Å²) in [7, 11) is 1.37. The Morgan fingerprint density at radius 2 is 2.24 bits per heavy atom. The largest absolute Gasteiger partial charge is 0.467 e. The van der Waals surface area contributed by atoms with E-state index in [0.29, 0.717) is 12.0 Å². The lowest BCUT2D eigenvalue weighted by Gasteiger charge is -2.41. The summed E-state index contributed by atoms with van der Waals surface area (Å²) in [5, 5.41) is 3.77. The highest BCUT2D eigenvalue weighted by molar-refractivity contribution is 7.08. The summed E-state index contributed by atoms with van der Waals surface area (Å²) in [6.45, 7) is 2.06. The van der Waals surface area contributed by atoms with Gasteiger partial charge in [0.15, 0.2) is 6.10 Å². The molecule has 6 heteroatoms. The van der Waals surface area contributed by atoms with E-state index in [-0.39, 0.29) is 30.1 Å². The highest BCUT2D eigenvalue weighted by atomic mass is 32.1. The first-order valence-electron chi connectivity index (χ1n) is 7.20. The molecule has 114 valence electrons. The summed E-state index contributed by atoms with van der Waals surface area (Å²) in [6, 6.07) is 1.97. The van der Waals surface area contributed by atoms with E-state index in [9.17, 15) is 9.59 Å². The van der Waals surface area contributed by atoms with Crippen LogP contribution in [0.4, 0.5) is 0 Å². The van der Waals surface area contributed by atoms with Crippen LogP contribution in [0.5, 0.6) is 0 Å². The molecule has 0 spiro atoms. The Labute approximate surface area is 127 Å². The zero-order valence-corrected chi connectivity index (χ0v) is 13.0. The van der Waals surface area contributed by atoms with E-state index in [1.165, 1.54) is 18.4 Å². The molecule has 1 aromatic rings. The molecule has 0 N–H and O–H groups in total. The second-order valence-corrected chi connectivity index (χ2v) is 6.42. The maximum Gasteiger partial charge on any atom is 0.335 e. The van der Waals surface area contributed by atoms with Crippen LogP contribution in [0, 0.1) is 0 Å². The smallest absolute Gasteiger partial charge is 0.335 e. The van der Waals surface area contributed by atoms with E-state index in [4.69, 9.17) is 9.47 Å². The summed E-state index contributed by atoms with van der Waals surface area (Å²) in [5.41, 5.74) is 0.717. The lowest BCUT2D eigenvalue weighted by Crippen LogP contribution is -2.53. The minimum absolute atomic E-state index is 0.0348. The van der Waals surface area contributed by atoms with Crippen LogP contribution >= 0.6 is 11.3 Å². The normalized spacial score (nSPS) is 31.8. The standard InChI is InChI=1S/C15H19NO4S/c1-9-3-4-12-11(7-13(20-12)15(18)19-2)16(9)14(17)10-5-6-21-8-10/h5-6,8-9,11-13H,3-4,7H2,1-2H3/t9-,11-,12-,13+/m1/s1. The quantitative estimate of drug-likeness (QED) is 0.785. The fourth-order valence-electron chi connectivity index (χ4n) is 3.32. The van der Waals surface area contributed by atoms with E-state index in [1.54, 1.807) is 0 Å². The molecular formula is C15H19NO4S. The SMILES string of the molecule is COC(=O)[C@@H]1C[C@@H]2[C@@H](CC[C@@H](C)N2C(=O)c2ccsc2)O1. The molecule has 3 heterocycles. The van der Waals surface area contributed by atoms with Crippen LogP contribution < -0.4 is 0 Å². The number of hydrogen-bond acceptors (Lipinski definition) is 5. The molecule has 1 amide bonds. The van der Waals surface area contributed by atoms with Crippen molar-refractivity contribution in [1.82, 2.24) is 4.90 Å². The van der Waals surface area contributed by atoms with Gasteiger partial charge >= 0.3 is 5.97 Å². The van der Waals surface area contributed by atoms with Gasteiger partial charge in [-0.05, 0) is 31.2 Å². The van der Waals surface area contributed by atoms with E-state index in [2.05, 4.69) is 6.92 Å². The van der Waals surface area contributed by atoms with Gasteiger partial charge < -0.3 is 14.4 Å². The number of carbonyl (C=O) groups is 2. The molecule has 2 aliphatic heterocycles. The Hall–Kier alpha value is -1.40. The molecule has 0 bridgehead atoms. The number of fused-ring (bicyclic) bond motifs is 1. The molecular weight excluding hydrogens is 290 g/mol. The summed E-state index contributed by atoms with van der Waals surface area (Å²) in [5.74, 6) is -0.312. The average molecular weight is 309 g/mol. The van der Waals surface area contributed by atoms with Crippen LogP contribution in [0.15, 0.2) is 16.8 Å². The van der Waals surface area contributed by atoms with Gasteiger partial charge in [0.2, 0.25) is 0 Å². The summed E-state index contributed by atoms with van der Waals surface area (Å²) >= 11 is 1.51. The minimum atomic E-state index is -0.548. The van der Waals surface area contributed by atoms with Crippen LogP contribution in [0.25, 0.3) is 0 Å². The van der Waals surface area contributed by atoms with Crippen molar-refractivity contribution in [3.05, 3.63) is 22.4 Å². The van der Waals surface area contributed by atoms with Gasteiger partial charge in [0.1, 0.15) is 0 Å². The van der Waals surface area contributed by atoms with Crippen molar-refractivity contribution in [2.24, 2.45) is 0 Å². The van der Waals surface area contributed by atoms with Crippen LogP contribution in [0.3, 0.4) is 0 Å². The van der Waals surface area contributed by atoms with Crippen molar-refractivity contribution in [1.29, 1.82) is 0 Å². The molecule has 2 aliphatic rings. The second kappa shape index (κ2) is 5.77. The monoisotopic (exact) mass is 309 g/mol. The number of esters is 1. The number of ether oxygens (including phenoxy) is 2. The molecule has 3 rings (SSSR count). The van der Waals surface area contributed by atoms with Gasteiger partial charge in [-0.25, -0.2) is 4.79 Å². The van der Waals surface area contributed by atoms with E-state index in [1.807, 2.05) is 21.7 Å². The fourth-order valence-corrected chi connectivity index (χ4v) is 3.95. The highest BCUT2D eigenvalue weighted by Crippen LogP contribution is 2.36. The number of rotatable bonds is 2. The zero-order chi connectivity index (χ0) is 15.0. The number of likely N-dealkylation sites (tertiary alicyclic amines) is 1. The van der Waals surface area contributed by atoms with Crippen molar-refractivity contribution in [2.75, 3.05) is 7.11 Å². The Morgan fingerprint density at radius 1 is 1.43 bits per heavy atom. The number of carbonyl (C=O) groups excluding carboxylic acids is 2. The summed E-state index contributed by atoms with van der Waals surface area (Å²) in [4.78, 5) is 26.3. The third-order valence-electron chi connectivity index (χ3n) is 4.39. The molecule has 0 unspecified atom stereocenters. The highest BCUT2D eigenvalue weighted by Gasteiger charge is 2.47. The first-order chi connectivity index (χ1) is 10.1. The van der Waals surface area contributed by atoms with Gasteiger partial charge in [0.05, 0.1) is 24.8 Å². The van der Waals surface area contributed by atoms with Crippen molar-refractivity contribution >= 4 is 23.2 Å². The molecule has 2 saturated heterocycles. The fraction of sp³-hybridized carbons (Fsp3) is 0.600. The van der Waals surface area contributed by atoms with Crippen molar-refractivity contribution in [2.45, 2.75) is 50.5 Å². The molecule has 0 aromatic carbocycles. The first kappa shape index (κ1) is 14.5. The molecule has 0 saturated carbocycles. The van der Waals surface area contributed by atoms with Gasteiger partial charge in [0.25, 0.3) is 5.91 Å². The number of methoxy groups -OCH3 is 1. The molecule has 0 radical (unpaired) electrons. The number of nitrogens with zero attached hydrogens (tertiary/aromatic N) is 1. The van der Waals surface area contributed by atoms with Gasteiger partial charge in [-0.1, -0.05) is 0 Å². The number of amides is 1. The molecule has 2 fully saturated rings. The maximum absolute atomic E-state index is 12.7. The van der Waals surface area contributed by atoms with Crippen molar-refractivity contribution in [3.8, 4) is 0 Å². The maximum atomic E-state index is 12.7. The van der Waals surface area contributed by atoms with Crippen molar-refractivity contribution < 1.29 is 19.1 Å². The van der Waals surface area contributed by atoms with Crippen LogP contribution in [0.1, 0.15) is 36.5 Å². The van der Waals surface area contributed by atoms with E-state index >= 15 is 0 Å². The third kappa shape index (κ3) is 2.58. The number of piperidine rings is 1. The predicted molar refractivity (Wildman–Crippen MR) is 78.3 cm³/mol. The topological polar surface area (TPSA) is 55.8 Å². The van der Waals surface area contributed by atoms with Gasteiger partial charge in [-0.2, -0.15) is 11.3 Å². The Kier molecular flexibility index (Phi) is 3.99.